The van der Waals surface area contributed by atoms with Crippen LogP contribution >= 0.6 is 0 Å². The number of hydrogen-bond donors (Lipinski definition) is 2. The summed E-state index contributed by atoms with van der Waals surface area (Å²) in [6.07, 6.45) is 7.17. The molecule has 4 bridgehead atoms. The summed E-state index contributed by atoms with van der Waals surface area (Å²) in [4.78, 5) is 24.5. The molecule has 0 atom stereocenters. The molecule has 5 nitrogen and oxygen atoms in total. The molecule has 2 N–H and O–H groups in total. The van der Waals surface area contributed by atoms with Crippen LogP contribution in [0, 0.1) is 17.8 Å². The van der Waals surface area contributed by atoms with E-state index in [2.05, 4.69) is 31.4 Å². The van der Waals surface area contributed by atoms with Gasteiger partial charge in [0.05, 0.1) is 0 Å². The third kappa shape index (κ3) is 4.18. The second kappa shape index (κ2) is 7.09. The SMILES string of the molecule is CC(C)(C)c1ccc(OCC(=O)NC(=O)NC23CC4CC(CC(C4)C2)C3)cc1. The van der Waals surface area contributed by atoms with Crippen molar-refractivity contribution >= 4 is 11.9 Å². The van der Waals surface area contributed by atoms with Crippen LogP contribution in [0.5, 0.6) is 5.75 Å². The van der Waals surface area contributed by atoms with Crippen molar-refractivity contribution in [2.75, 3.05) is 6.61 Å². The first-order valence-electron chi connectivity index (χ1n) is 10.6. The third-order valence-corrected chi connectivity index (χ3v) is 6.76. The Bertz CT molecular complexity index is 713. The van der Waals surface area contributed by atoms with Crippen LogP contribution in [0.25, 0.3) is 0 Å². The van der Waals surface area contributed by atoms with E-state index in [4.69, 9.17) is 4.74 Å². The van der Waals surface area contributed by atoms with Gasteiger partial charge in [0, 0.05) is 5.54 Å². The van der Waals surface area contributed by atoms with Crippen molar-refractivity contribution in [3.8, 4) is 5.75 Å². The van der Waals surface area contributed by atoms with Crippen LogP contribution in [0.1, 0.15) is 64.9 Å². The molecule has 0 radical (unpaired) electrons. The van der Waals surface area contributed by atoms with Gasteiger partial charge in [0.1, 0.15) is 5.75 Å². The van der Waals surface area contributed by atoms with E-state index in [0.717, 1.165) is 37.0 Å². The molecule has 0 unspecified atom stereocenters. The first-order chi connectivity index (χ1) is 13.2. The minimum atomic E-state index is -0.415. The van der Waals surface area contributed by atoms with E-state index >= 15 is 0 Å². The Kier molecular flexibility index (Phi) is 4.88. The van der Waals surface area contributed by atoms with Crippen molar-refractivity contribution in [1.29, 1.82) is 0 Å². The molecule has 4 saturated carbocycles. The zero-order valence-electron chi connectivity index (χ0n) is 17.2. The first kappa shape index (κ1) is 19.3. The lowest BCUT2D eigenvalue weighted by atomic mass is 9.53. The van der Waals surface area contributed by atoms with E-state index in [0.29, 0.717) is 5.75 Å². The Labute approximate surface area is 167 Å². The predicted molar refractivity (Wildman–Crippen MR) is 108 cm³/mol. The Morgan fingerprint density at radius 3 is 2.04 bits per heavy atom. The van der Waals surface area contributed by atoms with Crippen molar-refractivity contribution in [3.63, 3.8) is 0 Å². The summed E-state index contributed by atoms with van der Waals surface area (Å²) >= 11 is 0. The molecular weight excluding hydrogens is 352 g/mol. The Hall–Kier alpha value is -2.04. The van der Waals surface area contributed by atoms with Crippen LogP contribution < -0.4 is 15.4 Å². The highest BCUT2D eigenvalue weighted by atomic mass is 16.5. The number of imide groups is 1. The maximum Gasteiger partial charge on any atom is 0.321 e. The van der Waals surface area contributed by atoms with Gasteiger partial charge in [-0.15, -0.1) is 0 Å². The van der Waals surface area contributed by atoms with Gasteiger partial charge in [-0.05, 0) is 79.4 Å². The molecule has 0 saturated heterocycles. The van der Waals surface area contributed by atoms with E-state index in [1.807, 2.05) is 24.3 Å². The fourth-order valence-electron chi connectivity index (χ4n) is 5.90. The summed E-state index contributed by atoms with van der Waals surface area (Å²) in [5.74, 6) is 2.47. The van der Waals surface area contributed by atoms with Gasteiger partial charge in [0.15, 0.2) is 6.61 Å². The molecule has 4 fully saturated rings. The predicted octanol–water partition coefficient (Wildman–Crippen LogP) is 4.16. The van der Waals surface area contributed by atoms with Crippen molar-refractivity contribution in [3.05, 3.63) is 29.8 Å². The van der Waals surface area contributed by atoms with Gasteiger partial charge < -0.3 is 10.1 Å². The largest absolute Gasteiger partial charge is 0.484 e. The maximum absolute atomic E-state index is 12.4. The monoisotopic (exact) mass is 384 g/mol. The number of hydrogen-bond acceptors (Lipinski definition) is 3. The molecule has 0 aliphatic heterocycles. The number of amides is 3. The van der Waals surface area contributed by atoms with E-state index < -0.39 is 5.91 Å². The molecule has 5 rings (SSSR count). The number of urea groups is 1. The standard InChI is InChI=1S/C23H32N2O3/c1-22(2,3)18-4-6-19(7-5-18)28-14-20(26)24-21(27)25-23-11-15-8-16(12-23)10-17(9-15)13-23/h4-7,15-17H,8-14H2,1-3H3,(H2,24,25,26,27). The van der Waals surface area contributed by atoms with Gasteiger partial charge in [0.2, 0.25) is 0 Å². The molecule has 1 aromatic rings. The van der Waals surface area contributed by atoms with Gasteiger partial charge in [-0.2, -0.15) is 0 Å². The summed E-state index contributed by atoms with van der Waals surface area (Å²) in [5.41, 5.74) is 1.19. The molecule has 4 aliphatic carbocycles. The summed E-state index contributed by atoms with van der Waals surface area (Å²) in [7, 11) is 0. The van der Waals surface area contributed by atoms with Crippen LogP contribution in [0.4, 0.5) is 4.79 Å². The smallest absolute Gasteiger partial charge is 0.321 e. The lowest BCUT2D eigenvalue weighted by molar-refractivity contribution is -0.122. The van der Waals surface area contributed by atoms with Gasteiger partial charge >= 0.3 is 6.03 Å². The quantitative estimate of drug-likeness (QED) is 0.819. The Morgan fingerprint density at radius 1 is 1.00 bits per heavy atom. The Morgan fingerprint density at radius 2 is 1.54 bits per heavy atom. The molecule has 0 aromatic heterocycles. The molecule has 4 aliphatic rings. The highest BCUT2D eigenvalue weighted by Gasteiger charge is 2.51. The van der Waals surface area contributed by atoms with Crippen molar-refractivity contribution in [2.24, 2.45) is 17.8 Å². The topological polar surface area (TPSA) is 67.4 Å². The van der Waals surface area contributed by atoms with Crippen LogP contribution in [-0.2, 0) is 10.2 Å². The summed E-state index contributed by atoms with van der Waals surface area (Å²) in [5, 5.41) is 5.60. The van der Waals surface area contributed by atoms with Crippen LogP contribution in [0.3, 0.4) is 0 Å². The van der Waals surface area contributed by atoms with Gasteiger partial charge in [-0.25, -0.2) is 4.79 Å². The lowest BCUT2D eigenvalue weighted by Crippen LogP contribution is -2.62. The van der Waals surface area contributed by atoms with Crippen molar-refractivity contribution < 1.29 is 14.3 Å². The number of nitrogens with one attached hydrogen (secondary N) is 2. The number of rotatable bonds is 4. The molecular formula is C23H32N2O3. The molecule has 0 spiro atoms. The zero-order chi connectivity index (χ0) is 19.9. The average molecular weight is 385 g/mol. The Balaban J connectivity index is 1.25. The normalized spacial score (nSPS) is 30.8. The second-order valence-electron chi connectivity index (χ2n) is 10.3. The summed E-state index contributed by atoms with van der Waals surface area (Å²) < 4.78 is 5.54. The molecule has 5 heteroatoms. The second-order valence-corrected chi connectivity index (χ2v) is 10.3. The zero-order valence-corrected chi connectivity index (χ0v) is 17.2. The highest BCUT2D eigenvalue weighted by molar-refractivity contribution is 5.95. The van der Waals surface area contributed by atoms with Gasteiger partial charge in [-0.3, -0.25) is 10.1 Å². The summed E-state index contributed by atoms with van der Waals surface area (Å²) in [6, 6.07) is 7.37. The number of benzene rings is 1. The van der Waals surface area contributed by atoms with E-state index in [1.165, 1.54) is 24.8 Å². The number of carbonyl (C=O) groups excluding carboxylic acids is 2. The molecule has 0 heterocycles. The minimum Gasteiger partial charge on any atom is -0.484 e. The fraction of sp³-hybridized carbons (Fsp3) is 0.652. The van der Waals surface area contributed by atoms with Crippen LogP contribution in [0.2, 0.25) is 0 Å². The maximum atomic E-state index is 12.4. The van der Waals surface area contributed by atoms with E-state index in [-0.39, 0.29) is 23.6 Å². The van der Waals surface area contributed by atoms with Gasteiger partial charge in [0.25, 0.3) is 5.91 Å². The van der Waals surface area contributed by atoms with Crippen LogP contribution in [-0.4, -0.2) is 24.1 Å². The van der Waals surface area contributed by atoms with E-state index in [1.54, 1.807) is 0 Å². The van der Waals surface area contributed by atoms with Crippen LogP contribution in [0.15, 0.2) is 24.3 Å². The number of ether oxygens (including phenoxy) is 1. The molecule has 3 amide bonds. The van der Waals surface area contributed by atoms with Crippen molar-refractivity contribution in [1.82, 2.24) is 10.6 Å². The third-order valence-electron chi connectivity index (χ3n) is 6.76. The highest BCUT2D eigenvalue weighted by Crippen LogP contribution is 2.55. The molecule has 1 aromatic carbocycles. The summed E-state index contributed by atoms with van der Waals surface area (Å²) in [6.45, 7) is 6.29. The fourth-order valence-corrected chi connectivity index (χ4v) is 5.90. The molecule has 28 heavy (non-hydrogen) atoms. The van der Waals surface area contributed by atoms with Gasteiger partial charge in [-0.1, -0.05) is 32.9 Å². The minimum absolute atomic E-state index is 0.0747. The average Bonchev–Trinajstić information content (AvgIpc) is 2.57. The van der Waals surface area contributed by atoms with E-state index in [9.17, 15) is 9.59 Å². The lowest BCUT2D eigenvalue weighted by Gasteiger charge is -2.56. The number of carbonyl (C=O) groups is 2. The van der Waals surface area contributed by atoms with Crippen molar-refractivity contribution in [2.45, 2.75) is 70.3 Å². The molecule has 152 valence electrons. The first-order valence-corrected chi connectivity index (χ1v) is 10.6.